The van der Waals surface area contributed by atoms with Crippen LogP contribution in [0.2, 0.25) is 0 Å². The molecule has 7 atom stereocenters. The molecule has 0 saturated heterocycles. The van der Waals surface area contributed by atoms with Crippen LogP contribution in [0, 0.1) is 17.8 Å². The van der Waals surface area contributed by atoms with E-state index in [9.17, 15) is 15.0 Å². The van der Waals surface area contributed by atoms with E-state index in [1.54, 1.807) is 6.07 Å². The van der Waals surface area contributed by atoms with Gasteiger partial charge < -0.3 is 14.9 Å². The Morgan fingerprint density at radius 2 is 2.22 bits per heavy atom. The van der Waals surface area contributed by atoms with E-state index in [2.05, 4.69) is 6.92 Å². The number of hydrogen-bond donors (Lipinski definition) is 2. The van der Waals surface area contributed by atoms with Gasteiger partial charge in [0.15, 0.2) is 23.4 Å². The van der Waals surface area contributed by atoms with Crippen LogP contribution in [0.3, 0.4) is 0 Å². The summed E-state index contributed by atoms with van der Waals surface area (Å²) in [5, 5.41) is 22.1. The number of aromatic hydroxyl groups is 1. The molecule has 5 aliphatic rings. The third kappa shape index (κ3) is 1.000. The molecule has 1 spiro atoms. The van der Waals surface area contributed by atoms with Crippen molar-refractivity contribution in [2.45, 2.75) is 55.6 Å². The van der Waals surface area contributed by atoms with E-state index < -0.39 is 17.1 Å². The molecule has 1 aliphatic heterocycles. The van der Waals surface area contributed by atoms with Gasteiger partial charge in [-0.05, 0) is 48.1 Å². The van der Waals surface area contributed by atoms with Crippen LogP contribution in [0.25, 0.3) is 0 Å². The second kappa shape index (κ2) is 3.44. The SMILES string of the molecule is CCC1C2c3ccc(O)c4c3C35CC2[C@@H]1[C@]3(O)CCC(=O)C5O4. The first kappa shape index (κ1) is 12.8. The second-order valence-electron chi connectivity index (χ2n) is 8.23. The molecule has 120 valence electrons. The molecule has 0 amide bonds. The first-order valence-corrected chi connectivity index (χ1v) is 8.82. The number of Topliss-reactive ketones (excluding diaryl/α,β-unsaturated/α-hetero) is 1. The van der Waals surface area contributed by atoms with E-state index in [0.717, 1.165) is 18.4 Å². The van der Waals surface area contributed by atoms with Crippen molar-refractivity contribution in [1.29, 1.82) is 0 Å². The number of phenolic OH excluding ortho intramolecular Hbond substituents is 1. The molecule has 4 heteroatoms. The molecular formula is C19H20O4. The molecule has 1 aromatic carbocycles. The summed E-state index contributed by atoms with van der Waals surface area (Å²) in [6, 6.07) is 3.72. The summed E-state index contributed by atoms with van der Waals surface area (Å²) in [4.78, 5) is 12.6. The van der Waals surface area contributed by atoms with Crippen molar-refractivity contribution in [3.63, 3.8) is 0 Å². The second-order valence-corrected chi connectivity index (χ2v) is 8.23. The number of carbonyl (C=O) groups is 1. The zero-order valence-corrected chi connectivity index (χ0v) is 13.1. The first-order chi connectivity index (χ1) is 11.0. The Morgan fingerprint density at radius 1 is 1.39 bits per heavy atom. The van der Waals surface area contributed by atoms with Gasteiger partial charge in [-0.2, -0.15) is 0 Å². The van der Waals surface area contributed by atoms with E-state index in [0.29, 0.717) is 36.3 Å². The highest BCUT2D eigenvalue weighted by molar-refractivity contribution is 5.90. The van der Waals surface area contributed by atoms with Gasteiger partial charge in [0.25, 0.3) is 0 Å². The van der Waals surface area contributed by atoms with Gasteiger partial charge in [-0.25, -0.2) is 0 Å². The maximum Gasteiger partial charge on any atom is 0.174 e. The molecule has 2 N–H and O–H groups in total. The minimum absolute atomic E-state index is 0.0871. The summed E-state index contributed by atoms with van der Waals surface area (Å²) < 4.78 is 6.01. The van der Waals surface area contributed by atoms with Gasteiger partial charge in [0.05, 0.1) is 11.0 Å². The van der Waals surface area contributed by atoms with Crippen molar-refractivity contribution in [3.8, 4) is 11.5 Å². The lowest BCUT2D eigenvalue weighted by Gasteiger charge is -2.53. The lowest BCUT2D eigenvalue weighted by Crippen LogP contribution is -2.63. The standard InChI is InChI=1S/C19H20O4/c1-2-8-13-9-3-4-11(20)16-15(9)18-7-10(13)14(8)19(18,22)6-5-12(21)17(18)23-16/h3-4,8,10,13-14,17,20,22H,2,5-7H2,1H3/t8?,10?,13?,14-,17?,18?,19-/m1/s1. The molecule has 1 aromatic rings. The van der Waals surface area contributed by atoms with Crippen molar-refractivity contribution in [3.05, 3.63) is 23.3 Å². The lowest BCUT2D eigenvalue weighted by atomic mass is 9.52. The minimum atomic E-state index is -0.849. The van der Waals surface area contributed by atoms with E-state index in [-0.39, 0.29) is 17.5 Å². The molecule has 1 heterocycles. The fourth-order valence-corrected chi connectivity index (χ4v) is 7.33. The summed E-state index contributed by atoms with van der Waals surface area (Å²) in [5.41, 5.74) is 0.738. The van der Waals surface area contributed by atoms with Gasteiger partial charge in [0, 0.05) is 12.0 Å². The molecule has 3 fully saturated rings. The highest BCUT2D eigenvalue weighted by Crippen LogP contribution is 2.79. The molecule has 3 saturated carbocycles. The van der Waals surface area contributed by atoms with Crippen molar-refractivity contribution in [2.75, 3.05) is 0 Å². The van der Waals surface area contributed by atoms with Crippen LogP contribution in [0.1, 0.15) is 49.7 Å². The third-order valence-corrected chi connectivity index (χ3v) is 7.90. The molecule has 6 rings (SSSR count). The van der Waals surface area contributed by atoms with Crippen molar-refractivity contribution >= 4 is 5.78 Å². The molecule has 23 heavy (non-hydrogen) atoms. The number of hydrogen-bond acceptors (Lipinski definition) is 4. The lowest BCUT2D eigenvalue weighted by molar-refractivity contribution is -0.160. The van der Waals surface area contributed by atoms with Gasteiger partial charge in [0.2, 0.25) is 0 Å². The maximum atomic E-state index is 12.6. The Kier molecular flexibility index (Phi) is 1.92. The highest BCUT2D eigenvalue weighted by atomic mass is 16.5. The monoisotopic (exact) mass is 312 g/mol. The van der Waals surface area contributed by atoms with E-state index >= 15 is 0 Å². The number of ether oxygens (including phenoxy) is 1. The fourth-order valence-electron chi connectivity index (χ4n) is 7.33. The Hall–Kier alpha value is -1.55. The fraction of sp³-hybridized carbons (Fsp3) is 0.632. The maximum absolute atomic E-state index is 12.6. The zero-order valence-electron chi connectivity index (χ0n) is 13.1. The molecule has 0 radical (unpaired) electrons. The minimum Gasteiger partial charge on any atom is -0.504 e. The molecule has 4 nitrogen and oxygen atoms in total. The summed E-state index contributed by atoms with van der Waals surface area (Å²) in [7, 11) is 0. The Labute approximate surface area is 134 Å². The average Bonchev–Trinajstić information content (AvgIpc) is 2.93. The number of rotatable bonds is 1. The number of fused-ring (bicyclic) bond motifs is 1. The van der Waals surface area contributed by atoms with Crippen molar-refractivity contribution in [2.24, 2.45) is 17.8 Å². The largest absolute Gasteiger partial charge is 0.504 e. The number of phenols is 1. The highest BCUT2D eigenvalue weighted by Gasteiger charge is 2.81. The van der Waals surface area contributed by atoms with Gasteiger partial charge in [-0.1, -0.05) is 19.4 Å². The van der Waals surface area contributed by atoms with E-state index in [1.165, 1.54) is 5.56 Å². The quantitative estimate of drug-likeness (QED) is 0.835. The topological polar surface area (TPSA) is 66.8 Å². The van der Waals surface area contributed by atoms with Gasteiger partial charge in [0.1, 0.15) is 0 Å². The van der Waals surface area contributed by atoms with Gasteiger partial charge >= 0.3 is 0 Å². The Balaban J connectivity index is 1.74. The van der Waals surface area contributed by atoms with Gasteiger partial charge in [-0.3, -0.25) is 4.79 Å². The van der Waals surface area contributed by atoms with Crippen LogP contribution in [0.5, 0.6) is 11.5 Å². The van der Waals surface area contributed by atoms with Crippen molar-refractivity contribution in [1.82, 2.24) is 0 Å². The number of carbonyl (C=O) groups excluding carboxylic acids is 1. The molecule has 5 unspecified atom stereocenters. The predicted molar refractivity (Wildman–Crippen MR) is 81.5 cm³/mol. The van der Waals surface area contributed by atoms with Crippen LogP contribution in [0.4, 0.5) is 0 Å². The van der Waals surface area contributed by atoms with Crippen LogP contribution in [-0.2, 0) is 10.2 Å². The van der Waals surface area contributed by atoms with E-state index in [4.69, 9.17) is 4.74 Å². The summed E-state index contributed by atoms with van der Waals surface area (Å²) in [5.74, 6) is 2.35. The number of aliphatic hydroxyl groups is 1. The van der Waals surface area contributed by atoms with Crippen LogP contribution in [0.15, 0.2) is 12.1 Å². The molecule has 0 aromatic heterocycles. The predicted octanol–water partition coefficient (Wildman–Crippen LogP) is 2.26. The van der Waals surface area contributed by atoms with Crippen LogP contribution in [-0.4, -0.2) is 27.7 Å². The number of ketones is 1. The Morgan fingerprint density at radius 3 is 3.00 bits per heavy atom. The van der Waals surface area contributed by atoms with Gasteiger partial charge in [-0.15, -0.1) is 0 Å². The third-order valence-electron chi connectivity index (χ3n) is 7.90. The normalized spacial score (nSPS) is 50.3. The van der Waals surface area contributed by atoms with Crippen LogP contribution < -0.4 is 4.74 Å². The van der Waals surface area contributed by atoms with Crippen LogP contribution >= 0.6 is 0 Å². The summed E-state index contributed by atoms with van der Waals surface area (Å²) in [6.45, 7) is 2.21. The summed E-state index contributed by atoms with van der Waals surface area (Å²) in [6.07, 6.45) is 2.23. The summed E-state index contributed by atoms with van der Waals surface area (Å²) >= 11 is 0. The molecule has 4 aliphatic carbocycles. The molecular weight excluding hydrogens is 292 g/mol. The van der Waals surface area contributed by atoms with E-state index in [1.807, 2.05) is 6.07 Å². The van der Waals surface area contributed by atoms with Crippen molar-refractivity contribution < 1.29 is 19.7 Å². The Bertz CT molecular complexity index is 786. The zero-order chi connectivity index (χ0) is 15.7. The first-order valence-electron chi connectivity index (χ1n) is 8.82. The number of benzene rings is 1. The smallest absolute Gasteiger partial charge is 0.174 e. The molecule has 4 bridgehead atoms. The average molecular weight is 312 g/mol.